The van der Waals surface area contributed by atoms with Gasteiger partial charge in [0.25, 0.3) is 0 Å². The zero-order valence-electron chi connectivity index (χ0n) is 12.3. The number of aryl methyl sites for hydroxylation is 1. The lowest BCUT2D eigenvalue weighted by molar-refractivity contribution is 0.209. The third-order valence-electron chi connectivity index (χ3n) is 3.92. The third-order valence-corrected chi connectivity index (χ3v) is 3.92. The maximum absolute atomic E-state index is 6.19. The molecule has 1 atom stereocenters. The summed E-state index contributed by atoms with van der Waals surface area (Å²) in [5.41, 5.74) is 4.88. The van der Waals surface area contributed by atoms with Crippen LogP contribution in [0.2, 0.25) is 0 Å². The molecule has 0 saturated heterocycles. The van der Waals surface area contributed by atoms with E-state index < -0.39 is 0 Å². The van der Waals surface area contributed by atoms with Crippen LogP contribution in [0.25, 0.3) is 0 Å². The van der Waals surface area contributed by atoms with Gasteiger partial charge in [-0.1, -0.05) is 50.2 Å². The molecule has 104 valence electrons. The number of nitrogens with one attached hydrogen (secondary N) is 1. The fourth-order valence-electron chi connectivity index (χ4n) is 2.62. The van der Waals surface area contributed by atoms with Crippen LogP contribution in [0.3, 0.4) is 0 Å². The molecule has 1 unspecified atom stereocenters. The maximum atomic E-state index is 6.19. The van der Waals surface area contributed by atoms with E-state index in [2.05, 4.69) is 68.6 Å². The summed E-state index contributed by atoms with van der Waals surface area (Å²) in [6, 6.07) is 15.0. The number of para-hydroxylation sites is 1. The summed E-state index contributed by atoms with van der Waals surface area (Å²) in [6.45, 7) is 7.34. The lowest BCUT2D eigenvalue weighted by atomic mass is 9.99. The highest BCUT2D eigenvalue weighted by molar-refractivity contribution is 5.61. The highest BCUT2D eigenvalue weighted by Crippen LogP contribution is 2.36. The summed E-state index contributed by atoms with van der Waals surface area (Å²) in [4.78, 5) is 0. The van der Waals surface area contributed by atoms with Gasteiger partial charge >= 0.3 is 0 Å². The summed E-state index contributed by atoms with van der Waals surface area (Å²) in [5.74, 6) is 1.55. The van der Waals surface area contributed by atoms with Gasteiger partial charge in [0.2, 0.25) is 0 Å². The maximum Gasteiger partial charge on any atom is 0.146 e. The minimum absolute atomic E-state index is 0.0878. The predicted molar refractivity (Wildman–Crippen MR) is 83.6 cm³/mol. The standard InChI is InChI=1S/C18H21NO/c1-12(2)14-7-9-15(10-8-14)17-11-19-16-6-4-5-13(3)18(16)20-17/h4-10,12,17,19H,11H2,1-3H3. The van der Waals surface area contributed by atoms with E-state index in [0.29, 0.717) is 5.92 Å². The Kier molecular flexibility index (Phi) is 3.39. The number of benzene rings is 2. The number of hydrogen-bond donors (Lipinski definition) is 1. The zero-order valence-corrected chi connectivity index (χ0v) is 12.3. The van der Waals surface area contributed by atoms with Crippen molar-refractivity contribution >= 4 is 5.69 Å². The van der Waals surface area contributed by atoms with Gasteiger partial charge in [0, 0.05) is 0 Å². The van der Waals surface area contributed by atoms with Crippen LogP contribution in [0.1, 0.15) is 42.6 Å². The van der Waals surface area contributed by atoms with Crippen molar-refractivity contribution in [2.24, 2.45) is 0 Å². The van der Waals surface area contributed by atoms with Crippen LogP contribution in [-0.4, -0.2) is 6.54 Å². The van der Waals surface area contributed by atoms with Crippen molar-refractivity contribution in [1.29, 1.82) is 0 Å². The number of ether oxygens (including phenoxy) is 1. The van der Waals surface area contributed by atoms with Gasteiger partial charge in [-0.25, -0.2) is 0 Å². The monoisotopic (exact) mass is 267 g/mol. The molecule has 1 N–H and O–H groups in total. The second-order valence-corrected chi connectivity index (χ2v) is 5.76. The van der Waals surface area contributed by atoms with Gasteiger partial charge in [0.05, 0.1) is 12.2 Å². The van der Waals surface area contributed by atoms with E-state index in [-0.39, 0.29) is 6.10 Å². The third kappa shape index (κ3) is 2.38. The minimum atomic E-state index is 0.0878. The Morgan fingerprint density at radius 1 is 1.10 bits per heavy atom. The van der Waals surface area contributed by atoms with Gasteiger partial charge in [0.1, 0.15) is 11.9 Å². The minimum Gasteiger partial charge on any atom is -0.481 e. The second kappa shape index (κ2) is 5.20. The predicted octanol–water partition coefficient (Wildman–Crippen LogP) is 4.66. The number of rotatable bonds is 2. The molecule has 2 aromatic rings. The van der Waals surface area contributed by atoms with Crippen LogP contribution < -0.4 is 10.1 Å². The van der Waals surface area contributed by atoms with Crippen molar-refractivity contribution in [3.05, 3.63) is 59.2 Å². The molecule has 1 aliphatic heterocycles. The average molecular weight is 267 g/mol. The molecule has 0 radical (unpaired) electrons. The fourth-order valence-corrected chi connectivity index (χ4v) is 2.62. The Bertz CT molecular complexity index is 601. The van der Waals surface area contributed by atoms with Crippen molar-refractivity contribution in [2.75, 3.05) is 11.9 Å². The Morgan fingerprint density at radius 2 is 1.85 bits per heavy atom. The molecule has 0 fully saturated rings. The van der Waals surface area contributed by atoms with E-state index in [1.54, 1.807) is 0 Å². The summed E-state index contributed by atoms with van der Waals surface area (Å²) in [7, 11) is 0. The molecule has 3 rings (SSSR count). The van der Waals surface area contributed by atoms with Crippen LogP contribution in [0.4, 0.5) is 5.69 Å². The normalized spacial score (nSPS) is 17.3. The van der Waals surface area contributed by atoms with E-state index >= 15 is 0 Å². The van der Waals surface area contributed by atoms with E-state index in [1.807, 2.05) is 0 Å². The van der Waals surface area contributed by atoms with E-state index in [1.165, 1.54) is 16.7 Å². The van der Waals surface area contributed by atoms with Crippen LogP contribution in [0.5, 0.6) is 5.75 Å². The topological polar surface area (TPSA) is 21.3 Å². The first kappa shape index (κ1) is 13.0. The van der Waals surface area contributed by atoms with Crippen LogP contribution in [0.15, 0.2) is 42.5 Å². The first-order chi connectivity index (χ1) is 9.65. The van der Waals surface area contributed by atoms with Crippen molar-refractivity contribution in [3.8, 4) is 5.75 Å². The van der Waals surface area contributed by atoms with Crippen LogP contribution >= 0.6 is 0 Å². The molecule has 2 heteroatoms. The SMILES string of the molecule is Cc1cccc2c1OC(c1ccc(C(C)C)cc1)CN2. The second-order valence-electron chi connectivity index (χ2n) is 5.76. The van der Waals surface area contributed by atoms with Gasteiger partial charge in [-0.3, -0.25) is 0 Å². The van der Waals surface area contributed by atoms with E-state index in [4.69, 9.17) is 4.74 Å². The summed E-state index contributed by atoms with van der Waals surface area (Å²) < 4.78 is 6.19. The lowest BCUT2D eigenvalue weighted by Gasteiger charge is -2.29. The molecule has 2 nitrogen and oxygen atoms in total. The zero-order chi connectivity index (χ0) is 14.1. The Morgan fingerprint density at radius 3 is 2.55 bits per heavy atom. The summed E-state index contributed by atoms with van der Waals surface area (Å²) in [5, 5.41) is 3.46. The number of fused-ring (bicyclic) bond motifs is 1. The van der Waals surface area contributed by atoms with Crippen molar-refractivity contribution in [2.45, 2.75) is 32.8 Å². The lowest BCUT2D eigenvalue weighted by Crippen LogP contribution is -2.24. The molecule has 1 aliphatic rings. The van der Waals surface area contributed by atoms with Gasteiger partial charge in [-0.2, -0.15) is 0 Å². The molecule has 0 saturated carbocycles. The molecule has 0 spiro atoms. The smallest absolute Gasteiger partial charge is 0.146 e. The summed E-state index contributed by atoms with van der Waals surface area (Å²) >= 11 is 0. The van der Waals surface area contributed by atoms with Gasteiger partial charge < -0.3 is 10.1 Å². The largest absolute Gasteiger partial charge is 0.481 e. The van der Waals surface area contributed by atoms with Crippen molar-refractivity contribution in [1.82, 2.24) is 0 Å². The number of hydrogen-bond acceptors (Lipinski definition) is 2. The van der Waals surface area contributed by atoms with Gasteiger partial charge in [-0.05, 0) is 35.6 Å². The quantitative estimate of drug-likeness (QED) is 0.854. The van der Waals surface area contributed by atoms with Crippen molar-refractivity contribution < 1.29 is 4.74 Å². The van der Waals surface area contributed by atoms with Gasteiger partial charge in [0.15, 0.2) is 0 Å². The van der Waals surface area contributed by atoms with E-state index in [0.717, 1.165) is 18.0 Å². The molecule has 0 amide bonds. The highest BCUT2D eigenvalue weighted by Gasteiger charge is 2.21. The van der Waals surface area contributed by atoms with Crippen LogP contribution in [0, 0.1) is 6.92 Å². The Balaban J connectivity index is 1.85. The number of anilines is 1. The molecule has 20 heavy (non-hydrogen) atoms. The molecule has 0 aliphatic carbocycles. The molecule has 1 heterocycles. The highest BCUT2D eigenvalue weighted by atomic mass is 16.5. The Labute approximate surface area is 120 Å². The molecule has 0 aromatic heterocycles. The summed E-state index contributed by atoms with van der Waals surface area (Å²) in [6.07, 6.45) is 0.0878. The average Bonchev–Trinajstić information content (AvgIpc) is 2.47. The molecular formula is C18H21NO. The molecular weight excluding hydrogens is 246 g/mol. The first-order valence-electron chi connectivity index (χ1n) is 7.25. The van der Waals surface area contributed by atoms with Gasteiger partial charge in [-0.15, -0.1) is 0 Å². The van der Waals surface area contributed by atoms with Crippen LogP contribution in [-0.2, 0) is 0 Å². The molecule has 0 bridgehead atoms. The fraction of sp³-hybridized carbons (Fsp3) is 0.333. The molecule has 2 aromatic carbocycles. The Hall–Kier alpha value is -1.96. The first-order valence-corrected chi connectivity index (χ1v) is 7.25. The van der Waals surface area contributed by atoms with E-state index in [9.17, 15) is 0 Å². The van der Waals surface area contributed by atoms with Crippen molar-refractivity contribution in [3.63, 3.8) is 0 Å².